The van der Waals surface area contributed by atoms with E-state index in [0.717, 1.165) is 58.1 Å². The molecule has 0 saturated carbocycles. The van der Waals surface area contributed by atoms with Gasteiger partial charge in [-0.05, 0) is 23.9 Å². The molecule has 1 atom stereocenters. The number of nitrogens with zero attached hydrogens (tertiary/aromatic N) is 6. The van der Waals surface area contributed by atoms with E-state index in [0.29, 0.717) is 11.8 Å². The van der Waals surface area contributed by atoms with Gasteiger partial charge in [0.15, 0.2) is 0 Å². The molecule has 1 unspecified atom stereocenters. The van der Waals surface area contributed by atoms with Gasteiger partial charge in [-0.15, -0.1) is 0 Å². The van der Waals surface area contributed by atoms with Gasteiger partial charge in [-0.1, -0.05) is 20.8 Å². The maximum atomic E-state index is 12.9. The number of hydrogen-bond acceptors (Lipinski definition) is 5. The summed E-state index contributed by atoms with van der Waals surface area (Å²) in [6.07, 6.45) is 0.987. The summed E-state index contributed by atoms with van der Waals surface area (Å²) < 4.78 is 2.13. The smallest absolute Gasteiger partial charge is 0.301 e. The first-order valence-corrected chi connectivity index (χ1v) is 10.0. The van der Waals surface area contributed by atoms with Gasteiger partial charge in [0, 0.05) is 40.3 Å². The van der Waals surface area contributed by atoms with Crippen molar-refractivity contribution in [3.8, 4) is 0 Å². The van der Waals surface area contributed by atoms with Crippen molar-refractivity contribution >= 4 is 23.6 Å². The van der Waals surface area contributed by atoms with Crippen molar-refractivity contribution in [3.05, 3.63) is 0 Å². The Kier molecular flexibility index (Phi) is 5.95. The molecular weight excluding hydrogens is 344 g/mol. The Morgan fingerprint density at radius 1 is 1.07 bits per heavy atom. The monoisotopic (exact) mass is 377 g/mol. The Bertz CT molecular complexity index is 663. The SMILES string of the molecule is CCN1CCN(CC2=[N+](CCC(C)C)C3C(=O)N(C)C(=O)N(C)C3=N2)CC1. The average Bonchev–Trinajstić information content (AvgIpc) is 3.01. The summed E-state index contributed by atoms with van der Waals surface area (Å²) in [5, 5.41) is 0. The molecule has 3 aliphatic rings. The van der Waals surface area contributed by atoms with Crippen LogP contribution in [0.15, 0.2) is 4.99 Å². The highest BCUT2D eigenvalue weighted by Gasteiger charge is 2.52. The Balaban J connectivity index is 1.84. The van der Waals surface area contributed by atoms with Gasteiger partial charge >= 0.3 is 11.9 Å². The number of urea groups is 1. The maximum absolute atomic E-state index is 12.9. The number of imide groups is 1. The van der Waals surface area contributed by atoms with Gasteiger partial charge in [0.1, 0.15) is 6.54 Å². The van der Waals surface area contributed by atoms with Crippen molar-refractivity contribution < 1.29 is 14.2 Å². The number of likely N-dealkylation sites (N-methyl/N-ethyl adjacent to an activating group) is 3. The molecule has 3 rings (SSSR count). The van der Waals surface area contributed by atoms with Crippen molar-refractivity contribution in [2.24, 2.45) is 10.9 Å². The zero-order valence-electron chi connectivity index (χ0n) is 17.3. The normalized spacial score (nSPS) is 25.0. The standard InChI is InChI=1S/C19H33N6O2/c1-6-23-9-11-24(12-10-23)13-15-20-17-16(25(15)8-7-14(2)3)18(26)22(5)19(27)21(17)4/h14,16H,6-13H2,1-5H3/q+1. The van der Waals surface area contributed by atoms with E-state index in [-0.39, 0.29) is 11.9 Å². The van der Waals surface area contributed by atoms with Crippen molar-refractivity contribution in [1.82, 2.24) is 19.6 Å². The molecule has 3 aliphatic heterocycles. The van der Waals surface area contributed by atoms with Crippen LogP contribution in [0.1, 0.15) is 27.2 Å². The second-order valence-corrected chi connectivity index (χ2v) is 8.11. The lowest BCUT2D eigenvalue weighted by Gasteiger charge is -2.33. The first kappa shape index (κ1) is 19.9. The number of carbonyl (C=O) groups is 2. The number of rotatable bonds is 6. The van der Waals surface area contributed by atoms with Crippen molar-refractivity contribution in [1.29, 1.82) is 0 Å². The van der Waals surface area contributed by atoms with E-state index < -0.39 is 6.04 Å². The van der Waals surface area contributed by atoms with Gasteiger partial charge < -0.3 is 4.90 Å². The summed E-state index contributed by atoms with van der Waals surface area (Å²) in [5.74, 6) is 1.86. The first-order valence-electron chi connectivity index (χ1n) is 10.0. The number of fused-ring (bicyclic) bond motifs is 1. The molecule has 3 amide bonds. The minimum atomic E-state index is -0.469. The topological polar surface area (TPSA) is 62.5 Å². The van der Waals surface area contributed by atoms with Crippen LogP contribution < -0.4 is 0 Å². The zero-order valence-corrected chi connectivity index (χ0v) is 17.3. The minimum Gasteiger partial charge on any atom is -0.301 e. The van der Waals surface area contributed by atoms with Crippen molar-refractivity contribution in [2.45, 2.75) is 33.2 Å². The number of aliphatic imine (C=N–C) groups is 1. The summed E-state index contributed by atoms with van der Waals surface area (Å²) in [5.41, 5.74) is 0. The highest BCUT2D eigenvalue weighted by molar-refractivity contribution is 6.23. The highest BCUT2D eigenvalue weighted by Crippen LogP contribution is 2.20. The van der Waals surface area contributed by atoms with Crippen LogP contribution in [0.5, 0.6) is 0 Å². The summed E-state index contributed by atoms with van der Waals surface area (Å²) in [4.78, 5) is 37.6. The molecule has 0 radical (unpaired) electrons. The van der Waals surface area contributed by atoms with Crippen LogP contribution in [0.25, 0.3) is 0 Å². The molecule has 3 heterocycles. The Morgan fingerprint density at radius 3 is 2.30 bits per heavy atom. The summed E-state index contributed by atoms with van der Waals surface area (Å²) >= 11 is 0. The Labute approximate surface area is 162 Å². The third kappa shape index (κ3) is 3.91. The Morgan fingerprint density at radius 2 is 1.70 bits per heavy atom. The van der Waals surface area contributed by atoms with Crippen LogP contribution in [-0.2, 0) is 4.79 Å². The van der Waals surface area contributed by atoms with E-state index in [1.165, 1.54) is 9.80 Å². The van der Waals surface area contributed by atoms with Crippen LogP contribution >= 0.6 is 0 Å². The molecule has 0 bridgehead atoms. The van der Waals surface area contributed by atoms with Crippen molar-refractivity contribution in [2.75, 3.05) is 59.9 Å². The summed E-state index contributed by atoms with van der Waals surface area (Å²) in [7, 11) is 3.27. The first-order chi connectivity index (χ1) is 12.8. The van der Waals surface area contributed by atoms with Gasteiger partial charge in [-0.2, -0.15) is 0 Å². The second-order valence-electron chi connectivity index (χ2n) is 8.11. The summed E-state index contributed by atoms with van der Waals surface area (Å²) in [6.45, 7) is 13.3. The van der Waals surface area contributed by atoms with E-state index in [1.807, 2.05) is 0 Å². The predicted molar refractivity (Wildman–Crippen MR) is 105 cm³/mol. The number of amides is 3. The fourth-order valence-electron chi connectivity index (χ4n) is 3.89. The van der Waals surface area contributed by atoms with Crippen LogP contribution in [0, 0.1) is 5.92 Å². The molecule has 8 heteroatoms. The maximum Gasteiger partial charge on any atom is 0.333 e. The van der Waals surface area contributed by atoms with Gasteiger partial charge in [0.05, 0.1) is 6.54 Å². The van der Waals surface area contributed by atoms with Gasteiger partial charge in [-0.3, -0.25) is 19.5 Å². The van der Waals surface area contributed by atoms with Crippen LogP contribution in [-0.4, -0.2) is 114 Å². The van der Waals surface area contributed by atoms with E-state index in [4.69, 9.17) is 4.99 Å². The average molecular weight is 378 g/mol. The molecule has 0 aromatic heterocycles. The Hall–Kier alpha value is -1.80. The van der Waals surface area contributed by atoms with E-state index in [1.54, 1.807) is 14.1 Å². The van der Waals surface area contributed by atoms with Gasteiger partial charge in [0.25, 0.3) is 17.8 Å². The lowest BCUT2D eigenvalue weighted by molar-refractivity contribution is -0.537. The van der Waals surface area contributed by atoms with E-state index in [9.17, 15) is 9.59 Å². The fraction of sp³-hybridized carbons (Fsp3) is 0.789. The molecular formula is C19H33N6O2+. The molecule has 150 valence electrons. The quantitative estimate of drug-likeness (QED) is 0.628. The summed E-state index contributed by atoms with van der Waals surface area (Å²) in [6, 6.07) is -0.778. The van der Waals surface area contributed by atoms with E-state index in [2.05, 4.69) is 35.1 Å². The second kappa shape index (κ2) is 8.06. The number of hydrogen-bond donors (Lipinski definition) is 0. The number of amidine groups is 2. The molecule has 0 aromatic rings. The number of piperazine rings is 1. The molecule has 0 spiro atoms. The highest BCUT2D eigenvalue weighted by atomic mass is 16.2. The lowest BCUT2D eigenvalue weighted by atomic mass is 10.1. The van der Waals surface area contributed by atoms with E-state index >= 15 is 0 Å². The number of carbonyl (C=O) groups excluding carboxylic acids is 2. The van der Waals surface area contributed by atoms with Crippen LogP contribution in [0.2, 0.25) is 0 Å². The molecule has 2 fully saturated rings. The van der Waals surface area contributed by atoms with Crippen LogP contribution in [0.4, 0.5) is 4.79 Å². The molecule has 8 nitrogen and oxygen atoms in total. The third-order valence-electron chi connectivity index (χ3n) is 5.84. The predicted octanol–water partition coefficient (Wildman–Crippen LogP) is 0.386. The molecule has 0 aromatic carbocycles. The lowest BCUT2D eigenvalue weighted by Crippen LogP contribution is -2.61. The zero-order chi connectivity index (χ0) is 19.7. The van der Waals surface area contributed by atoms with Gasteiger partial charge in [0.2, 0.25) is 0 Å². The molecule has 27 heavy (non-hydrogen) atoms. The largest absolute Gasteiger partial charge is 0.333 e. The third-order valence-corrected chi connectivity index (χ3v) is 5.84. The van der Waals surface area contributed by atoms with Gasteiger partial charge in [-0.25, -0.2) is 9.37 Å². The molecule has 0 N–H and O–H groups in total. The van der Waals surface area contributed by atoms with Crippen LogP contribution in [0.3, 0.4) is 0 Å². The molecule has 0 aliphatic carbocycles. The minimum absolute atomic E-state index is 0.175. The van der Waals surface area contributed by atoms with Crippen molar-refractivity contribution in [3.63, 3.8) is 0 Å². The molecule has 2 saturated heterocycles. The fourth-order valence-corrected chi connectivity index (χ4v) is 3.89.